The Labute approximate surface area is 234 Å². The number of hydrogen-bond acceptors (Lipinski definition) is 7. The van der Waals surface area contributed by atoms with Crippen molar-refractivity contribution in [2.24, 2.45) is 10.1 Å². The van der Waals surface area contributed by atoms with E-state index in [4.69, 9.17) is 26.5 Å². The molecule has 0 saturated carbocycles. The number of halogens is 1. The molecule has 9 nitrogen and oxygen atoms in total. The van der Waals surface area contributed by atoms with Crippen molar-refractivity contribution in [3.8, 4) is 0 Å². The summed E-state index contributed by atoms with van der Waals surface area (Å²) in [6.45, 7) is 4.32. The molecule has 3 aliphatic heterocycles. The topological polar surface area (TPSA) is 115 Å². The van der Waals surface area contributed by atoms with Gasteiger partial charge in [-0.05, 0) is 45.1 Å². The molecule has 5 rings (SSSR count). The molecule has 0 bridgehead atoms. The predicted octanol–water partition coefficient (Wildman–Crippen LogP) is 5.24. The van der Waals surface area contributed by atoms with Crippen molar-refractivity contribution >= 4 is 40.7 Å². The second kappa shape index (κ2) is 11.3. The van der Waals surface area contributed by atoms with Gasteiger partial charge in [0.15, 0.2) is 6.23 Å². The molecule has 1 aromatic carbocycles. The van der Waals surface area contributed by atoms with E-state index >= 15 is 0 Å². The second-order valence-electron chi connectivity index (χ2n) is 11.3. The zero-order valence-electron chi connectivity index (χ0n) is 22.6. The van der Waals surface area contributed by atoms with Crippen LogP contribution in [0, 0.1) is 0 Å². The van der Waals surface area contributed by atoms with Crippen LogP contribution in [0.2, 0.25) is 0 Å². The van der Waals surface area contributed by atoms with Gasteiger partial charge in [-0.1, -0.05) is 35.0 Å². The van der Waals surface area contributed by atoms with E-state index < -0.39 is 17.8 Å². The molecule has 10 heteroatoms. The first-order chi connectivity index (χ1) is 18.7. The summed E-state index contributed by atoms with van der Waals surface area (Å²) in [6.07, 6.45) is 7.54. The number of aliphatic hydroxyl groups is 1. The molecule has 0 radical (unpaired) electrons. The van der Waals surface area contributed by atoms with Crippen molar-refractivity contribution < 1.29 is 24.6 Å². The summed E-state index contributed by atoms with van der Waals surface area (Å²) in [6, 6.07) is 6.03. The number of hydrogen-bond donors (Lipinski definition) is 2. The van der Waals surface area contributed by atoms with Crippen LogP contribution in [0.3, 0.4) is 0 Å². The lowest BCUT2D eigenvalue weighted by Crippen LogP contribution is -2.51. The number of rotatable bonds is 7. The third kappa shape index (κ3) is 5.84. The number of amides is 1. The summed E-state index contributed by atoms with van der Waals surface area (Å²) < 4.78 is 0. The molecule has 1 saturated heterocycles. The van der Waals surface area contributed by atoms with Gasteiger partial charge in [0.2, 0.25) is 5.91 Å². The number of carboxylic acid groups (broad SMARTS) is 1. The van der Waals surface area contributed by atoms with E-state index in [9.17, 15) is 14.7 Å². The van der Waals surface area contributed by atoms with E-state index in [-0.39, 0.29) is 24.4 Å². The predicted molar refractivity (Wildman–Crippen MR) is 149 cm³/mol. The number of likely N-dealkylation sites (tertiary alicyclic amines) is 1. The first-order valence-electron chi connectivity index (χ1n) is 13.9. The van der Waals surface area contributed by atoms with Crippen LogP contribution in [0.4, 0.5) is 5.69 Å². The van der Waals surface area contributed by atoms with E-state index in [2.05, 4.69) is 12.1 Å². The number of carboxylic acids is 1. The van der Waals surface area contributed by atoms with Gasteiger partial charge in [-0.2, -0.15) is 0 Å². The molecule has 210 valence electrons. The number of nitrogens with zero attached hydrogens (tertiary/aromatic N) is 4. The van der Waals surface area contributed by atoms with Crippen molar-refractivity contribution in [3.63, 3.8) is 0 Å². The zero-order chi connectivity index (χ0) is 27.7. The summed E-state index contributed by atoms with van der Waals surface area (Å²) in [5.41, 5.74) is 2.81. The maximum absolute atomic E-state index is 11.9. The molecule has 2 N–H and O–H groups in total. The number of carbonyl (C=O) groups excluding carboxylic acids is 1. The van der Waals surface area contributed by atoms with Gasteiger partial charge in [-0.25, -0.2) is 4.99 Å². The lowest BCUT2D eigenvalue weighted by atomic mass is 9.82. The fourth-order valence-corrected chi connectivity index (χ4v) is 6.60. The number of aliphatic imine (C=N–C) groups is 1. The summed E-state index contributed by atoms with van der Waals surface area (Å²) in [5, 5.41) is 25.9. The lowest BCUT2D eigenvalue weighted by Gasteiger charge is -2.42. The summed E-state index contributed by atoms with van der Waals surface area (Å²) in [5.74, 6) is 0.0569. The molecule has 1 spiro atoms. The fraction of sp³-hybridized carbons (Fsp3) is 0.586. The van der Waals surface area contributed by atoms with Gasteiger partial charge >= 0.3 is 5.97 Å². The molecule has 1 amide bonds. The SMILES string of the molecule is CC(=O)N1CCC2(CC(c3ccc4c(c3)N=C(CCCCC(=O)O)N(C3CC=C(Cl)CC3)C4O)=NO2)CC1C. The van der Waals surface area contributed by atoms with Crippen LogP contribution in [0.5, 0.6) is 0 Å². The standard InChI is InChI=1S/C29H37ClN4O5/c1-18-16-29(13-14-33(18)19(2)35)17-25(32-39-29)20-7-12-23-24(15-20)31-26(5-3-4-6-27(36)37)34(28(23)38)22-10-8-21(30)9-11-22/h7-8,12,15,18,22,28,38H,3-6,9-11,13-14,16-17H2,1-2H3,(H,36,37). The van der Waals surface area contributed by atoms with E-state index in [0.29, 0.717) is 37.9 Å². The lowest BCUT2D eigenvalue weighted by molar-refractivity contribution is -0.139. The highest BCUT2D eigenvalue weighted by molar-refractivity contribution is 6.29. The Kier molecular flexibility index (Phi) is 8.01. The van der Waals surface area contributed by atoms with Gasteiger partial charge in [0.1, 0.15) is 11.4 Å². The highest BCUT2D eigenvalue weighted by atomic mass is 35.5. The average molecular weight is 557 g/mol. The Morgan fingerprint density at radius 3 is 2.79 bits per heavy atom. The van der Waals surface area contributed by atoms with Crippen LogP contribution in [-0.2, 0) is 14.4 Å². The highest BCUT2D eigenvalue weighted by Gasteiger charge is 2.45. The summed E-state index contributed by atoms with van der Waals surface area (Å²) >= 11 is 6.22. The van der Waals surface area contributed by atoms with Gasteiger partial charge in [0.25, 0.3) is 0 Å². The zero-order valence-corrected chi connectivity index (χ0v) is 23.4. The minimum atomic E-state index is -0.846. The number of fused-ring (bicyclic) bond motifs is 1. The van der Waals surface area contributed by atoms with Crippen molar-refractivity contribution in [3.05, 3.63) is 40.4 Å². The molecule has 1 aliphatic carbocycles. The van der Waals surface area contributed by atoms with Crippen LogP contribution >= 0.6 is 11.6 Å². The number of aliphatic carboxylic acids is 1. The third-order valence-corrected chi connectivity index (χ3v) is 8.81. The summed E-state index contributed by atoms with van der Waals surface area (Å²) in [7, 11) is 0. The van der Waals surface area contributed by atoms with E-state index in [0.717, 1.165) is 59.8 Å². The minimum absolute atomic E-state index is 0.0730. The maximum atomic E-state index is 11.9. The second-order valence-corrected chi connectivity index (χ2v) is 11.8. The number of carbonyl (C=O) groups is 2. The van der Waals surface area contributed by atoms with Crippen LogP contribution in [0.25, 0.3) is 0 Å². The van der Waals surface area contributed by atoms with Gasteiger partial charge in [0.05, 0.1) is 11.4 Å². The fourth-order valence-electron chi connectivity index (χ4n) is 6.40. The Hall–Kier alpha value is -2.91. The Balaban J connectivity index is 1.36. The number of oxime groups is 1. The third-order valence-electron chi connectivity index (χ3n) is 8.47. The van der Waals surface area contributed by atoms with Gasteiger partial charge in [-0.3, -0.25) is 9.59 Å². The molecule has 4 atom stereocenters. The van der Waals surface area contributed by atoms with Crippen LogP contribution in [-0.4, -0.2) is 67.7 Å². The van der Waals surface area contributed by atoms with Crippen molar-refractivity contribution in [2.45, 2.75) is 102 Å². The van der Waals surface area contributed by atoms with Gasteiger partial charge in [0, 0.05) is 73.8 Å². The van der Waals surface area contributed by atoms with Crippen molar-refractivity contribution in [2.75, 3.05) is 6.54 Å². The molecule has 1 aromatic rings. The number of amidine groups is 1. The highest BCUT2D eigenvalue weighted by Crippen LogP contribution is 2.42. The van der Waals surface area contributed by atoms with Crippen molar-refractivity contribution in [1.29, 1.82) is 0 Å². The number of piperidine rings is 1. The quantitative estimate of drug-likeness (QED) is 0.444. The van der Waals surface area contributed by atoms with Crippen LogP contribution < -0.4 is 0 Å². The van der Waals surface area contributed by atoms with Crippen LogP contribution in [0.1, 0.15) is 95.4 Å². The molecule has 0 aromatic heterocycles. The van der Waals surface area contributed by atoms with E-state index in [1.807, 2.05) is 34.1 Å². The van der Waals surface area contributed by atoms with Crippen LogP contribution in [0.15, 0.2) is 39.5 Å². The molecule has 4 unspecified atom stereocenters. The van der Waals surface area contributed by atoms with E-state index in [1.54, 1.807) is 6.92 Å². The first-order valence-corrected chi connectivity index (χ1v) is 14.3. The largest absolute Gasteiger partial charge is 0.481 e. The number of unbranched alkanes of at least 4 members (excludes halogenated alkanes) is 1. The maximum Gasteiger partial charge on any atom is 0.303 e. The molecular weight excluding hydrogens is 520 g/mol. The Bertz CT molecular complexity index is 1230. The molecular formula is C29H37ClN4O5. The smallest absolute Gasteiger partial charge is 0.303 e. The Morgan fingerprint density at radius 1 is 1.28 bits per heavy atom. The van der Waals surface area contributed by atoms with E-state index in [1.165, 1.54) is 0 Å². The number of aliphatic hydroxyl groups excluding tert-OH is 1. The minimum Gasteiger partial charge on any atom is -0.481 e. The van der Waals surface area contributed by atoms with Gasteiger partial charge < -0.3 is 24.9 Å². The monoisotopic (exact) mass is 556 g/mol. The molecule has 39 heavy (non-hydrogen) atoms. The normalized spacial score (nSPS) is 28.4. The summed E-state index contributed by atoms with van der Waals surface area (Å²) in [4.78, 5) is 37.8. The van der Waals surface area contributed by atoms with Gasteiger partial charge in [-0.15, -0.1) is 0 Å². The molecule has 4 aliphatic rings. The number of benzene rings is 1. The first kappa shape index (κ1) is 27.6. The molecule has 1 fully saturated rings. The average Bonchev–Trinajstić information content (AvgIpc) is 3.30. The Morgan fingerprint density at radius 2 is 2.10 bits per heavy atom. The molecule has 3 heterocycles. The van der Waals surface area contributed by atoms with Crippen molar-refractivity contribution in [1.82, 2.24) is 9.80 Å². The number of allylic oxidation sites excluding steroid dienone is 1.